The minimum atomic E-state index is -3.30. The third-order valence-electron chi connectivity index (χ3n) is 9.94. The van der Waals surface area contributed by atoms with E-state index in [0.29, 0.717) is 33.8 Å². The number of carboxylic acid groups (broad SMARTS) is 1. The number of halogens is 15. The van der Waals surface area contributed by atoms with Gasteiger partial charge in [-0.05, 0) is 98.8 Å². The van der Waals surface area contributed by atoms with Gasteiger partial charge in [-0.1, -0.05) is 13.0 Å². The number of amides is 1. The molecule has 0 aliphatic rings. The smallest absolute Gasteiger partial charge is 1.00 e. The van der Waals surface area contributed by atoms with E-state index < -0.39 is 98.8 Å². The molecular formula is C56H63BrClF13LiMgNO12. The molecule has 0 aliphatic carbocycles. The summed E-state index contributed by atoms with van der Waals surface area (Å²) in [6, 6.07) is 14.5. The zero-order valence-electron chi connectivity index (χ0n) is 49.1. The van der Waals surface area contributed by atoms with Crippen molar-refractivity contribution in [2.75, 3.05) is 42.1 Å². The van der Waals surface area contributed by atoms with E-state index in [0.717, 1.165) is 85.5 Å². The first-order valence-electron chi connectivity index (χ1n) is 23.3. The summed E-state index contributed by atoms with van der Waals surface area (Å²) in [7, 11) is 6.62. The van der Waals surface area contributed by atoms with Gasteiger partial charge < -0.3 is 48.7 Å². The van der Waals surface area contributed by atoms with Gasteiger partial charge in [0.05, 0.1) is 65.8 Å². The molecule has 1 amide bonds. The van der Waals surface area contributed by atoms with Crippen molar-refractivity contribution in [1.82, 2.24) is 5.06 Å². The van der Waals surface area contributed by atoms with Crippen molar-refractivity contribution in [2.45, 2.75) is 85.5 Å². The average Bonchev–Trinajstić information content (AvgIpc) is 3.62. The molecule has 0 radical (unpaired) electrons. The number of hydrogen-bond acceptors (Lipinski definition) is 11. The van der Waals surface area contributed by atoms with Crippen molar-refractivity contribution in [3.05, 3.63) is 183 Å². The number of hydroxylamine groups is 2. The van der Waals surface area contributed by atoms with Crippen molar-refractivity contribution < 1.29 is 151 Å². The second-order valence-corrected chi connectivity index (χ2v) is 16.2. The Labute approximate surface area is 534 Å². The largest absolute Gasteiger partial charge is 2.00 e. The summed E-state index contributed by atoms with van der Waals surface area (Å²) in [5.74, 6) is -22.3. The normalized spacial score (nSPS) is 10.1. The van der Waals surface area contributed by atoms with Crippen LogP contribution >= 0.6 is 12.4 Å². The van der Waals surface area contributed by atoms with Gasteiger partial charge >= 0.3 is 59.8 Å². The second kappa shape index (κ2) is 44.0. The predicted octanol–water partition coefficient (Wildman–Crippen LogP) is 8.64. The van der Waals surface area contributed by atoms with E-state index in [2.05, 4.69) is 26.0 Å². The van der Waals surface area contributed by atoms with Gasteiger partial charge in [-0.25, -0.2) is 76.5 Å². The molecule has 0 unspecified atom stereocenters. The summed E-state index contributed by atoms with van der Waals surface area (Å²) >= 11 is 0. The van der Waals surface area contributed by atoms with E-state index in [1.807, 2.05) is 6.92 Å². The van der Waals surface area contributed by atoms with Crippen molar-refractivity contribution >= 4 is 70.8 Å². The standard InChI is InChI=1S/C11H12F3NO2.C11H11F3O.C10H9F3O2.C10H9FO3.C9H7F3O2.C3H8O.C2H5.BrH.ClH.Li.Mg.H2O/c1-11(13,14)8-5-4-7(6-9(8)12)10(16)15(2)17-3;1-3-10(15)7-4-5-8(9(12)6-7)11(2,13)14;1-10(12,13)7-4-3-6(5-8(7)11)9(14)15-2;1-6(12)8-4-3-7(5-9(8)11)10(13)14-2;1-9(11,12)6-3-2-5(8(13)14)4-7(6)10;1-3-4-2;1-2;;;;;/h4-6H,1-3H3;4-6H,3H2,1-2H3;3-5H,1-2H3;3-5H,1-2H3;2-4H,1H3,(H,13,14);3H2,1-2H3;1H2,2H3;2*1H;;;1H2/q;;;;;;-1;;;+1;+2;/p-2. The average molecular weight is 1340 g/mol. The second-order valence-electron chi connectivity index (χ2n) is 16.2. The summed E-state index contributed by atoms with van der Waals surface area (Å²) in [4.78, 5) is 70.5. The van der Waals surface area contributed by atoms with Crippen LogP contribution in [-0.4, -0.2) is 116 Å². The van der Waals surface area contributed by atoms with Crippen LogP contribution in [0, 0.1) is 36.0 Å². The summed E-state index contributed by atoms with van der Waals surface area (Å²) in [5, 5.41) is 9.32. The number of methoxy groups -OCH3 is 3. The first kappa shape index (κ1) is 94.1. The Morgan fingerprint density at radius 1 is 0.523 bits per heavy atom. The fourth-order valence-electron chi connectivity index (χ4n) is 5.68. The molecule has 0 saturated heterocycles. The number of nitrogens with zero attached hydrogens (tertiary/aromatic N) is 1. The number of rotatable bonds is 13. The van der Waals surface area contributed by atoms with Gasteiger partial charge in [-0.2, -0.15) is 6.92 Å². The molecule has 0 aliphatic heterocycles. The Balaban J connectivity index is -0.000000175. The van der Waals surface area contributed by atoms with E-state index in [-0.39, 0.29) is 128 Å². The molecule has 0 fully saturated rings. The molecule has 2 N–H and O–H groups in total. The van der Waals surface area contributed by atoms with Crippen LogP contribution in [0.1, 0.15) is 146 Å². The molecule has 13 nitrogen and oxygen atoms in total. The molecule has 0 atom stereocenters. The number of carbonyl (C=O) groups is 6. The number of benzene rings is 5. The SMILES string of the molecule is CC(F)(F)c1ccc(C(=O)O)cc1F.CCC(=O)c1ccc(C(C)(F)F)c(F)c1.CCOC.COC(=O)c1ccc(C(C)(F)F)c(F)c1.COC(=O)c1ccc(C(C)=O)c(F)c1.CON(C)C(=O)c1ccc(C(C)(F)F)c(F)c1.Cl.[Br-].[CH2-]C.[Li+].[Mg+2].[OH-]. The topological polar surface area (TPSA) is 193 Å². The van der Waals surface area contributed by atoms with Gasteiger partial charge in [0, 0.05) is 66.0 Å². The molecule has 472 valence electrons. The molecule has 5 aromatic rings. The van der Waals surface area contributed by atoms with E-state index in [1.54, 1.807) is 21.0 Å². The third kappa shape index (κ3) is 32.4. The Hall–Kier alpha value is -5.58. The number of ketones is 2. The van der Waals surface area contributed by atoms with Gasteiger partial charge in [0.25, 0.3) is 29.6 Å². The minimum Gasteiger partial charge on any atom is -1.00 e. The Kier molecular flexibility index (Phi) is 48.1. The molecule has 0 saturated carbocycles. The molecular weight excluding hydrogens is 1270 g/mol. The van der Waals surface area contributed by atoms with Gasteiger partial charge in [0.1, 0.15) is 29.1 Å². The van der Waals surface area contributed by atoms with Crippen molar-refractivity contribution in [3.8, 4) is 0 Å². The number of carbonyl (C=O) groups excluding carboxylic acids is 5. The maximum Gasteiger partial charge on any atom is 2.00 e. The Bertz CT molecular complexity index is 2830. The van der Waals surface area contributed by atoms with E-state index >= 15 is 0 Å². The first-order valence-corrected chi connectivity index (χ1v) is 23.3. The Morgan fingerprint density at radius 3 is 1.05 bits per heavy atom. The van der Waals surface area contributed by atoms with Crippen LogP contribution < -0.4 is 35.8 Å². The molecule has 0 aromatic heterocycles. The first-order chi connectivity index (χ1) is 37.3. The zero-order chi connectivity index (χ0) is 63.6. The van der Waals surface area contributed by atoms with Gasteiger partial charge in [-0.3, -0.25) is 19.2 Å². The minimum absolute atomic E-state index is 0. The van der Waals surface area contributed by atoms with Crippen molar-refractivity contribution in [1.29, 1.82) is 0 Å². The maximum absolute atomic E-state index is 13.4. The Morgan fingerprint density at radius 2 is 0.791 bits per heavy atom. The number of ether oxygens (including phenoxy) is 3. The molecule has 5 rings (SSSR count). The number of alkyl halides is 8. The number of Topliss-reactive ketones (excluding diaryl/α,β-unsaturated/α-hetero) is 2. The van der Waals surface area contributed by atoms with Crippen LogP contribution in [0.5, 0.6) is 0 Å². The third-order valence-corrected chi connectivity index (χ3v) is 9.94. The molecule has 86 heavy (non-hydrogen) atoms. The van der Waals surface area contributed by atoms with Crippen LogP contribution in [0.15, 0.2) is 91.0 Å². The van der Waals surface area contributed by atoms with Crippen LogP contribution in [0.4, 0.5) is 57.1 Å². The fourth-order valence-corrected chi connectivity index (χ4v) is 5.68. The van der Waals surface area contributed by atoms with E-state index in [9.17, 15) is 85.8 Å². The van der Waals surface area contributed by atoms with Crippen LogP contribution in [-0.2, 0) is 42.7 Å². The summed E-state index contributed by atoms with van der Waals surface area (Å²) < 4.78 is 181. The van der Waals surface area contributed by atoms with Crippen LogP contribution in [0.25, 0.3) is 0 Å². The monoisotopic (exact) mass is 1330 g/mol. The number of aromatic carboxylic acids is 1. The van der Waals surface area contributed by atoms with Crippen molar-refractivity contribution in [3.63, 3.8) is 0 Å². The van der Waals surface area contributed by atoms with Crippen molar-refractivity contribution in [2.24, 2.45) is 0 Å². The fraction of sp³-hybridized carbons (Fsp3) is 0.339. The van der Waals surface area contributed by atoms with Crippen LogP contribution in [0.2, 0.25) is 0 Å². The predicted molar refractivity (Wildman–Crippen MR) is 287 cm³/mol. The van der Waals surface area contributed by atoms with E-state index in [4.69, 9.17) is 5.11 Å². The zero-order valence-corrected chi connectivity index (χ0v) is 52.9. The van der Waals surface area contributed by atoms with Gasteiger partial charge in [0.15, 0.2) is 11.6 Å². The summed E-state index contributed by atoms with van der Waals surface area (Å²) in [6.07, 6.45) is 0.224. The van der Waals surface area contributed by atoms with Gasteiger partial charge in [0.2, 0.25) is 0 Å². The molecule has 30 heteroatoms. The number of carboxylic acids is 1. The molecule has 5 aromatic carbocycles. The molecule has 0 heterocycles. The van der Waals surface area contributed by atoms with Crippen LogP contribution in [0.3, 0.4) is 0 Å². The number of esters is 2. The number of hydrogen-bond donors (Lipinski definition) is 1. The summed E-state index contributed by atoms with van der Waals surface area (Å²) in [5.41, 5.74) is -3.28. The van der Waals surface area contributed by atoms with E-state index in [1.165, 1.54) is 46.4 Å². The molecule has 0 spiro atoms. The molecule has 0 bridgehead atoms. The summed E-state index contributed by atoms with van der Waals surface area (Å²) in [6.45, 7) is 13.0. The quantitative estimate of drug-likeness (QED) is 0.0295. The maximum atomic E-state index is 13.4. The van der Waals surface area contributed by atoms with Gasteiger partial charge in [-0.15, -0.1) is 12.4 Å².